The minimum Gasteiger partial charge on any atom is -0.342 e. The number of hydrazine groups is 1. The normalized spacial score (nSPS) is 19.9. The minimum absolute atomic E-state index is 0.0418. The van der Waals surface area contributed by atoms with Crippen LogP contribution in [0, 0.1) is 17.1 Å². The lowest BCUT2D eigenvalue weighted by atomic mass is 9.92. The van der Waals surface area contributed by atoms with Crippen molar-refractivity contribution in [2.75, 3.05) is 39.1 Å². The van der Waals surface area contributed by atoms with Crippen LogP contribution in [0.25, 0.3) is 16.8 Å². The Morgan fingerprint density at radius 2 is 1.94 bits per heavy atom. The van der Waals surface area contributed by atoms with Gasteiger partial charge in [0.05, 0.1) is 22.9 Å². The number of fused-ring (bicyclic) bond motifs is 1. The number of halogens is 1. The van der Waals surface area contributed by atoms with E-state index >= 15 is 0 Å². The third-order valence-corrected chi connectivity index (χ3v) is 7.24. The van der Waals surface area contributed by atoms with E-state index in [1.54, 1.807) is 17.7 Å². The van der Waals surface area contributed by atoms with Crippen molar-refractivity contribution in [2.24, 2.45) is 7.05 Å². The molecule has 1 unspecified atom stereocenters. The zero-order valence-electron chi connectivity index (χ0n) is 21.0. The number of aromatic nitrogens is 2. The molecule has 0 amide bonds. The Bertz CT molecular complexity index is 1390. The molecule has 1 aliphatic carbocycles. The van der Waals surface area contributed by atoms with E-state index in [1.807, 2.05) is 42.6 Å². The molecule has 2 aromatic rings. The van der Waals surface area contributed by atoms with Crippen molar-refractivity contribution < 1.29 is 4.39 Å². The maximum atomic E-state index is 14.7. The molecule has 1 N–H and O–H groups in total. The van der Waals surface area contributed by atoms with E-state index < -0.39 is 5.82 Å². The van der Waals surface area contributed by atoms with E-state index in [2.05, 4.69) is 29.3 Å². The third kappa shape index (κ3) is 4.23. The lowest BCUT2D eigenvalue weighted by Crippen LogP contribution is -2.44. The summed E-state index contributed by atoms with van der Waals surface area (Å²) in [6.07, 6.45) is 9.83. The van der Waals surface area contributed by atoms with E-state index in [9.17, 15) is 14.4 Å². The van der Waals surface area contributed by atoms with Crippen LogP contribution >= 0.6 is 0 Å². The van der Waals surface area contributed by atoms with Crippen LogP contribution in [0.4, 0.5) is 10.3 Å². The summed E-state index contributed by atoms with van der Waals surface area (Å²) in [5.41, 5.74) is 6.22. The molecule has 0 spiro atoms. The quantitative estimate of drug-likeness (QED) is 0.710. The highest BCUT2D eigenvalue weighted by Crippen LogP contribution is 2.33. The molecule has 186 valence electrons. The number of anilines is 1. The van der Waals surface area contributed by atoms with Gasteiger partial charge in [0, 0.05) is 45.0 Å². The summed E-state index contributed by atoms with van der Waals surface area (Å²) in [6.45, 7) is 1.55. The number of nitrogens with zero attached hydrogens (tertiary/aromatic N) is 6. The van der Waals surface area contributed by atoms with Crippen LogP contribution < -0.4 is 15.9 Å². The highest BCUT2D eigenvalue weighted by atomic mass is 19.1. The molecule has 2 aliphatic heterocycles. The number of piperidine rings is 1. The molecule has 1 fully saturated rings. The largest absolute Gasteiger partial charge is 0.342 e. The second-order valence-corrected chi connectivity index (χ2v) is 9.79. The first-order valence-electron chi connectivity index (χ1n) is 12.1. The topological polar surface area (TPSA) is 80.4 Å². The van der Waals surface area contributed by atoms with Crippen LogP contribution in [-0.4, -0.2) is 65.8 Å². The smallest absolute Gasteiger partial charge is 0.263 e. The summed E-state index contributed by atoms with van der Waals surface area (Å²) in [5, 5.41) is 11.1. The number of nitrogens with one attached hydrogen (secondary N) is 1. The molecule has 5 rings (SSSR count). The lowest BCUT2D eigenvalue weighted by Gasteiger charge is -2.36. The molecule has 8 nitrogen and oxygen atoms in total. The average Bonchev–Trinajstić information content (AvgIpc) is 3.24. The molecule has 0 bridgehead atoms. The molecule has 1 aromatic heterocycles. The average molecular weight is 488 g/mol. The van der Waals surface area contributed by atoms with Gasteiger partial charge in [-0.25, -0.2) is 14.8 Å². The zero-order chi connectivity index (χ0) is 25.6. The van der Waals surface area contributed by atoms with Crippen molar-refractivity contribution >= 4 is 11.5 Å². The van der Waals surface area contributed by atoms with Gasteiger partial charge in [0.25, 0.3) is 5.56 Å². The molecule has 1 atom stereocenters. The highest BCUT2D eigenvalue weighted by Gasteiger charge is 2.28. The van der Waals surface area contributed by atoms with Crippen LogP contribution in [0.15, 0.2) is 53.0 Å². The first-order valence-corrected chi connectivity index (χ1v) is 12.1. The lowest BCUT2D eigenvalue weighted by molar-refractivity contribution is 0.248. The van der Waals surface area contributed by atoms with Gasteiger partial charge < -0.3 is 14.8 Å². The number of hydrogen-bond acceptors (Lipinski definition) is 7. The molecule has 1 aromatic carbocycles. The van der Waals surface area contributed by atoms with E-state index in [1.165, 1.54) is 12.1 Å². The van der Waals surface area contributed by atoms with Crippen molar-refractivity contribution in [3.63, 3.8) is 0 Å². The van der Waals surface area contributed by atoms with Gasteiger partial charge in [0.2, 0.25) is 5.95 Å². The Morgan fingerprint density at radius 1 is 1.19 bits per heavy atom. The number of nitriles is 1. The predicted octanol–water partition coefficient (Wildman–Crippen LogP) is 2.64. The standard InChI is InChI=1S/C27H30FN7O/c1-32(2)21-9-11-35(12-10-21)27-30-25(18-6-7-19(15-29)22(28)13-18)24(26(36)34(27)4)17-5-8-20-16-33(3)31-23(20)14-17/h5-8,13-14,16,21,23,31H,9-12H2,1-4H3. The van der Waals surface area contributed by atoms with Crippen molar-refractivity contribution in [1.82, 2.24) is 24.9 Å². The van der Waals surface area contributed by atoms with Gasteiger partial charge in [-0.2, -0.15) is 5.26 Å². The van der Waals surface area contributed by atoms with Gasteiger partial charge >= 0.3 is 0 Å². The first-order chi connectivity index (χ1) is 17.3. The summed E-state index contributed by atoms with van der Waals surface area (Å²) in [7, 11) is 7.84. The van der Waals surface area contributed by atoms with E-state index in [0.29, 0.717) is 28.8 Å². The monoisotopic (exact) mass is 487 g/mol. The zero-order valence-corrected chi connectivity index (χ0v) is 21.0. The number of benzene rings is 1. The van der Waals surface area contributed by atoms with E-state index in [-0.39, 0.29) is 17.2 Å². The van der Waals surface area contributed by atoms with Gasteiger partial charge in [-0.15, -0.1) is 0 Å². The molecule has 0 saturated carbocycles. The molecule has 9 heteroatoms. The number of rotatable bonds is 4. The summed E-state index contributed by atoms with van der Waals surface area (Å²) < 4.78 is 16.3. The third-order valence-electron chi connectivity index (χ3n) is 7.24. The van der Waals surface area contributed by atoms with E-state index in [0.717, 1.165) is 37.1 Å². The van der Waals surface area contributed by atoms with Crippen molar-refractivity contribution in [1.29, 1.82) is 5.26 Å². The van der Waals surface area contributed by atoms with Gasteiger partial charge in [-0.1, -0.05) is 24.3 Å². The van der Waals surface area contributed by atoms with Crippen LogP contribution in [0.3, 0.4) is 0 Å². The molecule has 1 saturated heterocycles. The van der Waals surface area contributed by atoms with Gasteiger partial charge in [-0.05, 0) is 50.2 Å². The molecular formula is C27H30FN7O. The Hall–Kier alpha value is -3.74. The Morgan fingerprint density at radius 3 is 2.61 bits per heavy atom. The van der Waals surface area contributed by atoms with E-state index in [4.69, 9.17) is 4.98 Å². The van der Waals surface area contributed by atoms with Crippen LogP contribution in [0.1, 0.15) is 24.0 Å². The molecule has 3 heterocycles. The van der Waals surface area contributed by atoms with Gasteiger partial charge in [0.15, 0.2) is 0 Å². The number of allylic oxidation sites excluding steroid dienone is 2. The maximum absolute atomic E-state index is 14.7. The fourth-order valence-electron chi connectivity index (χ4n) is 5.18. The maximum Gasteiger partial charge on any atom is 0.263 e. The van der Waals surface area contributed by atoms with Crippen LogP contribution in [0.2, 0.25) is 0 Å². The summed E-state index contributed by atoms with van der Waals surface area (Å²) in [5.74, 6) is -0.0605. The van der Waals surface area contributed by atoms with Gasteiger partial charge in [-0.3, -0.25) is 9.36 Å². The SMILES string of the molecule is CN1C=C2C=CC(c3c(-c4ccc(C#N)c(F)c4)nc(N4CCC(N(C)C)CC4)n(C)c3=O)=CC2N1. The molecular weight excluding hydrogens is 457 g/mol. The Balaban J connectivity index is 1.64. The van der Waals surface area contributed by atoms with Crippen molar-refractivity contribution in [2.45, 2.75) is 24.9 Å². The summed E-state index contributed by atoms with van der Waals surface area (Å²) in [4.78, 5) is 23.2. The minimum atomic E-state index is -0.630. The summed E-state index contributed by atoms with van der Waals surface area (Å²) >= 11 is 0. The van der Waals surface area contributed by atoms with Crippen molar-refractivity contribution in [3.05, 3.63) is 75.5 Å². The fourth-order valence-corrected chi connectivity index (χ4v) is 5.18. The summed E-state index contributed by atoms with van der Waals surface area (Å²) in [6, 6.07) is 6.69. The Kier molecular flexibility index (Phi) is 6.24. The second kappa shape index (κ2) is 9.37. The van der Waals surface area contributed by atoms with Crippen LogP contribution in [-0.2, 0) is 7.05 Å². The molecule has 36 heavy (non-hydrogen) atoms. The molecule has 3 aliphatic rings. The fraction of sp³-hybridized carbons (Fsp3) is 0.370. The number of hydrogen-bond donors (Lipinski definition) is 1. The molecule has 0 radical (unpaired) electrons. The van der Waals surface area contributed by atoms with Gasteiger partial charge in [0.1, 0.15) is 11.9 Å². The van der Waals surface area contributed by atoms with Crippen LogP contribution in [0.5, 0.6) is 0 Å². The second-order valence-electron chi connectivity index (χ2n) is 9.79. The Labute approximate surface area is 210 Å². The van der Waals surface area contributed by atoms with Crippen molar-refractivity contribution in [3.8, 4) is 17.3 Å². The predicted molar refractivity (Wildman–Crippen MR) is 138 cm³/mol. The highest BCUT2D eigenvalue weighted by molar-refractivity contribution is 5.86. The first kappa shape index (κ1) is 24.0.